The minimum Gasteiger partial charge on any atom is -0.508 e. The Bertz CT molecular complexity index is 2040. The minimum absolute atomic E-state index is 0.0303. The Morgan fingerprint density at radius 2 is 1.68 bits per heavy atom. The standard InChI is InChI=1S/C46H51N3O4/c1-52-41-23-34(8-11-38(41)43-36(31-5-3-2-4-6-31)10-7-32-21-35(50)9-12-37(32)43)49-19-13-45(14-20-49)25-30(26-45)28-48-17-15-46(16-18-48)29-53-42-24-39-33(22-40(42)46)27-47-44(39)51/h2-6,8-9,11-12,21-24,30,36,43,50H,7,10,13-20,25-29H2,1H3,(H,47,51). The lowest BCUT2D eigenvalue weighted by Crippen LogP contribution is -2.51. The number of likely N-dealkylation sites (tertiary alicyclic amines) is 1. The molecule has 1 saturated carbocycles. The summed E-state index contributed by atoms with van der Waals surface area (Å²) in [6.07, 6.45) is 9.53. The number of amides is 1. The quantitative estimate of drug-likeness (QED) is 0.212. The van der Waals surface area contributed by atoms with Crippen LogP contribution in [-0.2, 0) is 18.4 Å². The first-order valence-electron chi connectivity index (χ1n) is 20.0. The molecule has 0 aromatic heterocycles. The van der Waals surface area contributed by atoms with Gasteiger partial charge in [-0.2, -0.15) is 0 Å². The van der Waals surface area contributed by atoms with Crippen molar-refractivity contribution >= 4 is 11.6 Å². The number of fused-ring (bicyclic) bond motifs is 4. The van der Waals surface area contributed by atoms with Gasteiger partial charge in [0.1, 0.15) is 17.2 Å². The second kappa shape index (κ2) is 12.8. The smallest absolute Gasteiger partial charge is 0.252 e. The molecule has 2 spiro atoms. The minimum atomic E-state index is 0.0303. The zero-order chi connectivity index (χ0) is 35.7. The Balaban J connectivity index is 0.772. The van der Waals surface area contributed by atoms with Gasteiger partial charge >= 0.3 is 0 Å². The van der Waals surface area contributed by atoms with Gasteiger partial charge < -0.3 is 29.7 Å². The van der Waals surface area contributed by atoms with Crippen LogP contribution in [0.5, 0.6) is 17.2 Å². The van der Waals surface area contributed by atoms with Gasteiger partial charge in [0.05, 0.1) is 13.7 Å². The highest BCUT2D eigenvalue weighted by Crippen LogP contribution is 2.55. The molecule has 7 heteroatoms. The zero-order valence-electron chi connectivity index (χ0n) is 30.9. The molecular formula is C46H51N3O4. The number of carbonyl (C=O) groups is 1. The normalized spacial score (nSPS) is 24.2. The molecule has 274 valence electrons. The highest BCUT2D eigenvalue weighted by Gasteiger charge is 2.48. The van der Waals surface area contributed by atoms with Crippen LogP contribution in [-0.4, -0.2) is 62.4 Å². The largest absolute Gasteiger partial charge is 0.508 e. The number of aromatic hydroxyl groups is 1. The Morgan fingerprint density at radius 3 is 2.47 bits per heavy atom. The highest BCUT2D eigenvalue weighted by molar-refractivity contribution is 5.99. The highest BCUT2D eigenvalue weighted by atomic mass is 16.5. The van der Waals surface area contributed by atoms with E-state index < -0.39 is 0 Å². The average molecular weight is 710 g/mol. The lowest BCUT2D eigenvalue weighted by Gasteiger charge is -2.54. The number of piperidine rings is 2. The number of aryl methyl sites for hydroxylation is 1. The van der Waals surface area contributed by atoms with E-state index in [9.17, 15) is 9.90 Å². The van der Waals surface area contributed by atoms with Crippen molar-refractivity contribution in [1.82, 2.24) is 10.2 Å². The number of hydrogen-bond acceptors (Lipinski definition) is 6. The predicted molar refractivity (Wildman–Crippen MR) is 208 cm³/mol. The first-order chi connectivity index (χ1) is 25.9. The monoisotopic (exact) mass is 709 g/mol. The van der Waals surface area contributed by atoms with Crippen molar-refractivity contribution in [2.24, 2.45) is 11.3 Å². The number of phenols is 1. The lowest BCUT2D eigenvalue weighted by molar-refractivity contribution is -0.000652. The Morgan fingerprint density at radius 1 is 0.887 bits per heavy atom. The molecule has 2 aliphatic carbocycles. The summed E-state index contributed by atoms with van der Waals surface area (Å²) in [5.74, 6) is 3.59. The van der Waals surface area contributed by atoms with E-state index in [2.05, 4.69) is 75.8 Å². The number of methoxy groups -OCH3 is 1. The van der Waals surface area contributed by atoms with Crippen LogP contribution in [0.1, 0.15) is 101 Å². The fourth-order valence-electron chi connectivity index (χ4n) is 11.4. The number of hydrogen-bond donors (Lipinski definition) is 2. The lowest BCUT2D eigenvalue weighted by atomic mass is 9.57. The summed E-state index contributed by atoms with van der Waals surface area (Å²) >= 11 is 0. The molecule has 6 aliphatic rings. The molecule has 10 rings (SSSR count). The topological polar surface area (TPSA) is 74.3 Å². The van der Waals surface area contributed by atoms with Gasteiger partial charge in [0.25, 0.3) is 5.91 Å². The van der Waals surface area contributed by atoms with Crippen LogP contribution in [0.25, 0.3) is 0 Å². The maximum atomic E-state index is 12.2. The number of phenolic OH excluding ortho intramolecular Hbond substituents is 1. The van der Waals surface area contributed by atoms with Crippen molar-refractivity contribution in [1.29, 1.82) is 0 Å². The van der Waals surface area contributed by atoms with Gasteiger partial charge in [-0.3, -0.25) is 4.79 Å². The summed E-state index contributed by atoms with van der Waals surface area (Å²) in [5, 5.41) is 13.3. The molecule has 0 bridgehead atoms. The molecule has 2 unspecified atom stereocenters. The van der Waals surface area contributed by atoms with E-state index in [0.717, 1.165) is 87.0 Å². The molecule has 0 radical (unpaired) electrons. The Hall–Kier alpha value is -4.49. The summed E-state index contributed by atoms with van der Waals surface area (Å²) < 4.78 is 12.4. The van der Waals surface area contributed by atoms with E-state index in [0.29, 0.717) is 23.6 Å². The fraction of sp³-hybridized carbons (Fsp3) is 0.457. The van der Waals surface area contributed by atoms with E-state index in [1.807, 2.05) is 25.3 Å². The van der Waals surface area contributed by atoms with E-state index in [1.54, 1.807) is 0 Å². The number of carbonyl (C=O) groups excluding carboxylic acids is 1. The maximum absolute atomic E-state index is 12.2. The number of rotatable bonds is 6. The zero-order valence-corrected chi connectivity index (χ0v) is 30.9. The van der Waals surface area contributed by atoms with Crippen molar-refractivity contribution in [2.45, 2.75) is 75.2 Å². The third-order valence-electron chi connectivity index (χ3n) is 14.3. The second-order valence-corrected chi connectivity index (χ2v) is 17.2. The molecule has 2 atom stereocenters. The van der Waals surface area contributed by atoms with Gasteiger partial charge in [-0.15, -0.1) is 0 Å². The van der Waals surface area contributed by atoms with Gasteiger partial charge in [-0.1, -0.05) is 42.5 Å². The summed E-state index contributed by atoms with van der Waals surface area (Å²) in [5.41, 5.74) is 10.3. The number of benzene rings is 4. The summed E-state index contributed by atoms with van der Waals surface area (Å²) in [7, 11) is 1.81. The van der Waals surface area contributed by atoms with Crippen molar-refractivity contribution in [2.75, 3.05) is 51.3 Å². The summed E-state index contributed by atoms with van der Waals surface area (Å²) in [6, 6.07) is 28.0. The van der Waals surface area contributed by atoms with Gasteiger partial charge in [-0.25, -0.2) is 0 Å². The number of ether oxygens (including phenoxy) is 2. The molecule has 4 aromatic carbocycles. The molecular weight excluding hydrogens is 659 g/mol. The van der Waals surface area contributed by atoms with Gasteiger partial charge in [0.2, 0.25) is 0 Å². The molecule has 3 fully saturated rings. The van der Waals surface area contributed by atoms with Crippen LogP contribution >= 0.6 is 0 Å². The Labute approximate surface area is 313 Å². The van der Waals surface area contributed by atoms with Gasteiger partial charge in [0, 0.05) is 66.0 Å². The number of nitrogens with zero attached hydrogens (tertiary/aromatic N) is 2. The van der Waals surface area contributed by atoms with Crippen molar-refractivity contribution in [3.63, 3.8) is 0 Å². The Kier molecular flexibility index (Phi) is 8.01. The maximum Gasteiger partial charge on any atom is 0.252 e. The molecule has 4 heterocycles. The predicted octanol–water partition coefficient (Wildman–Crippen LogP) is 7.93. The molecule has 4 aromatic rings. The van der Waals surface area contributed by atoms with Crippen LogP contribution in [0.15, 0.2) is 78.9 Å². The molecule has 2 saturated heterocycles. The summed E-state index contributed by atoms with van der Waals surface area (Å²) in [4.78, 5) is 17.5. The third kappa shape index (κ3) is 5.69. The SMILES string of the molecule is COc1cc(N2CCC3(CC2)CC(CN2CCC4(CC2)COc2cc5c(cc24)CNC5=O)C3)ccc1C1c2ccc(O)cc2CCC1c1ccccc1. The van der Waals surface area contributed by atoms with Crippen LogP contribution in [0.3, 0.4) is 0 Å². The van der Waals surface area contributed by atoms with E-state index in [1.165, 1.54) is 65.7 Å². The molecule has 7 nitrogen and oxygen atoms in total. The first-order valence-corrected chi connectivity index (χ1v) is 20.0. The number of anilines is 1. The van der Waals surface area contributed by atoms with E-state index in [-0.39, 0.29) is 17.2 Å². The molecule has 4 aliphatic heterocycles. The second-order valence-electron chi connectivity index (χ2n) is 17.2. The molecule has 53 heavy (non-hydrogen) atoms. The van der Waals surface area contributed by atoms with Crippen molar-refractivity contribution in [3.8, 4) is 17.2 Å². The summed E-state index contributed by atoms with van der Waals surface area (Å²) in [6.45, 7) is 7.09. The third-order valence-corrected chi connectivity index (χ3v) is 14.3. The van der Waals surface area contributed by atoms with E-state index >= 15 is 0 Å². The van der Waals surface area contributed by atoms with Crippen LogP contribution < -0.4 is 19.7 Å². The van der Waals surface area contributed by atoms with Crippen LogP contribution in [0, 0.1) is 11.3 Å². The van der Waals surface area contributed by atoms with Crippen LogP contribution in [0.2, 0.25) is 0 Å². The number of nitrogens with one attached hydrogen (secondary N) is 1. The van der Waals surface area contributed by atoms with Crippen LogP contribution in [0.4, 0.5) is 5.69 Å². The average Bonchev–Trinajstić information content (AvgIpc) is 3.72. The molecule has 1 amide bonds. The van der Waals surface area contributed by atoms with Gasteiger partial charge in [-0.05, 0) is 134 Å². The van der Waals surface area contributed by atoms with Crippen molar-refractivity contribution in [3.05, 3.63) is 118 Å². The fourth-order valence-corrected chi connectivity index (χ4v) is 11.4. The van der Waals surface area contributed by atoms with Gasteiger partial charge in [0.15, 0.2) is 0 Å². The molecule has 2 N–H and O–H groups in total. The van der Waals surface area contributed by atoms with E-state index in [4.69, 9.17) is 9.47 Å². The van der Waals surface area contributed by atoms with Crippen molar-refractivity contribution < 1.29 is 19.4 Å². The first kappa shape index (κ1) is 33.1.